The van der Waals surface area contributed by atoms with E-state index in [0.29, 0.717) is 22.5 Å². The lowest BCUT2D eigenvalue weighted by atomic mass is 10.0. The van der Waals surface area contributed by atoms with E-state index in [1.54, 1.807) is 65.5 Å². The molecular weight excluding hydrogens is 390 g/mol. The molecule has 0 aliphatic heterocycles. The summed E-state index contributed by atoms with van der Waals surface area (Å²) in [5, 5.41) is 5.46. The van der Waals surface area contributed by atoms with Crippen molar-refractivity contribution in [1.82, 2.24) is 0 Å². The number of nitrogens with zero attached hydrogens (tertiary/aromatic N) is 1. The van der Waals surface area contributed by atoms with Gasteiger partial charge in [-0.1, -0.05) is 36.4 Å². The fourth-order valence-corrected chi connectivity index (χ4v) is 2.71. The number of rotatable bonds is 6. The van der Waals surface area contributed by atoms with Gasteiger partial charge in [-0.05, 0) is 18.2 Å². The van der Waals surface area contributed by atoms with Crippen molar-refractivity contribution >= 4 is 29.0 Å². The number of carbonyl (C=O) groups excluding carboxylic acids is 3. The lowest BCUT2D eigenvalue weighted by Crippen LogP contribution is -3.00. The van der Waals surface area contributed by atoms with Crippen LogP contribution in [0.1, 0.15) is 22.8 Å². The van der Waals surface area contributed by atoms with E-state index in [1.165, 1.54) is 6.92 Å². The van der Waals surface area contributed by atoms with E-state index in [4.69, 9.17) is 0 Å². The molecule has 0 saturated carbocycles. The van der Waals surface area contributed by atoms with Crippen LogP contribution in [0, 0.1) is 0 Å². The van der Waals surface area contributed by atoms with Crippen LogP contribution in [0.2, 0.25) is 0 Å². The number of pyridine rings is 1. The van der Waals surface area contributed by atoms with Crippen LogP contribution in [-0.2, 0) is 16.1 Å². The molecule has 0 unspecified atom stereocenters. The summed E-state index contributed by atoms with van der Waals surface area (Å²) in [6.07, 6.45) is 3.40. The van der Waals surface area contributed by atoms with Crippen molar-refractivity contribution in [2.45, 2.75) is 13.5 Å². The van der Waals surface area contributed by atoms with Gasteiger partial charge in [-0.3, -0.25) is 14.4 Å². The number of ketones is 1. The molecule has 3 rings (SSSR count). The molecule has 2 amide bonds. The van der Waals surface area contributed by atoms with Crippen molar-refractivity contribution in [3.05, 3.63) is 90.3 Å². The Kier molecular flexibility index (Phi) is 7.62. The van der Waals surface area contributed by atoms with Crippen LogP contribution in [0.4, 0.5) is 11.4 Å². The number of nitrogens with one attached hydrogen (secondary N) is 2. The predicted octanol–water partition coefficient (Wildman–Crippen LogP) is -0.194. The number of aromatic nitrogens is 1. The second kappa shape index (κ2) is 10.1. The van der Waals surface area contributed by atoms with E-state index in [0.717, 1.165) is 0 Å². The third-order valence-electron chi connectivity index (χ3n) is 3.98. The van der Waals surface area contributed by atoms with Gasteiger partial charge in [-0.2, -0.15) is 4.57 Å². The molecule has 29 heavy (non-hydrogen) atoms. The number of anilines is 2. The topological polar surface area (TPSA) is 79.2 Å². The Bertz CT molecular complexity index is 1010. The molecule has 7 heteroatoms. The first-order valence-corrected chi connectivity index (χ1v) is 8.77. The molecule has 0 aliphatic rings. The standard InChI is InChI=1S/C22H19N3O3.ClH/c1-16(26)23-19-8-5-9-20(14-19)24-21(27)15-25-12-10-18(11-13-25)22(28)17-6-3-2-4-7-17;/h2-14H,15H2,1H3,(H-,23,24,26,27);1H. The lowest BCUT2D eigenvalue weighted by Gasteiger charge is -2.06. The Labute approximate surface area is 175 Å². The first-order valence-electron chi connectivity index (χ1n) is 8.77. The molecule has 3 aromatic rings. The summed E-state index contributed by atoms with van der Waals surface area (Å²) in [4.78, 5) is 35.8. The predicted molar refractivity (Wildman–Crippen MR) is 106 cm³/mol. The number of hydrogen-bond donors (Lipinski definition) is 2. The Hall–Kier alpha value is -3.51. The highest BCUT2D eigenvalue weighted by atomic mass is 35.5. The average Bonchev–Trinajstić information content (AvgIpc) is 2.68. The number of hydrogen-bond acceptors (Lipinski definition) is 3. The third kappa shape index (κ3) is 6.26. The van der Waals surface area contributed by atoms with Crippen molar-refractivity contribution in [2.24, 2.45) is 0 Å². The normalized spacial score (nSPS) is 9.83. The molecule has 6 nitrogen and oxygen atoms in total. The number of halogens is 1. The quantitative estimate of drug-likeness (QED) is 0.437. The first-order chi connectivity index (χ1) is 13.5. The van der Waals surface area contributed by atoms with E-state index < -0.39 is 0 Å². The molecule has 0 saturated heterocycles. The maximum atomic E-state index is 12.4. The van der Waals surface area contributed by atoms with Crippen molar-refractivity contribution < 1.29 is 31.4 Å². The maximum Gasteiger partial charge on any atom is 0.290 e. The van der Waals surface area contributed by atoms with Crippen LogP contribution in [0.15, 0.2) is 79.1 Å². The molecule has 0 fully saturated rings. The van der Waals surface area contributed by atoms with Gasteiger partial charge in [-0.15, -0.1) is 0 Å². The molecule has 1 aromatic heterocycles. The summed E-state index contributed by atoms with van der Waals surface area (Å²) < 4.78 is 1.69. The van der Waals surface area contributed by atoms with Gasteiger partial charge >= 0.3 is 0 Å². The van der Waals surface area contributed by atoms with E-state index in [9.17, 15) is 14.4 Å². The molecular formula is C22H20ClN3O3. The zero-order valence-corrected chi connectivity index (χ0v) is 16.5. The summed E-state index contributed by atoms with van der Waals surface area (Å²) in [5.41, 5.74) is 2.39. The molecule has 0 aliphatic carbocycles. The summed E-state index contributed by atoms with van der Waals surface area (Å²) in [6, 6.07) is 19.4. The fraction of sp³-hybridized carbons (Fsp3) is 0.0909. The van der Waals surface area contributed by atoms with E-state index in [2.05, 4.69) is 10.6 Å². The van der Waals surface area contributed by atoms with Crippen LogP contribution in [0.25, 0.3) is 0 Å². The second-order valence-corrected chi connectivity index (χ2v) is 6.26. The van der Waals surface area contributed by atoms with Crippen LogP contribution < -0.4 is 27.6 Å². The van der Waals surface area contributed by atoms with E-state index in [1.807, 2.05) is 18.2 Å². The molecule has 2 N–H and O–H groups in total. The highest BCUT2D eigenvalue weighted by Gasteiger charge is 2.13. The van der Waals surface area contributed by atoms with Gasteiger partial charge < -0.3 is 23.0 Å². The summed E-state index contributed by atoms with van der Waals surface area (Å²) in [5.74, 6) is -0.455. The highest BCUT2D eigenvalue weighted by Crippen LogP contribution is 2.15. The number of benzene rings is 2. The van der Waals surface area contributed by atoms with Crippen LogP contribution >= 0.6 is 0 Å². The van der Waals surface area contributed by atoms with E-state index >= 15 is 0 Å². The van der Waals surface area contributed by atoms with Crippen molar-refractivity contribution in [3.8, 4) is 0 Å². The minimum Gasteiger partial charge on any atom is -1.00 e. The zero-order valence-electron chi connectivity index (χ0n) is 15.8. The summed E-state index contributed by atoms with van der Waals surface area (Å²) in [6.45, 7) is 1.53. The SMILES string of the molecule is CC(=O)Nc1cccc(NC(=O)C[n+]2ccc(C(=O)c3ccccc3)cc2)c1.[Cl-]. The molecule has 148 valence electrons. The number of amides is 2. The number of carbonyl (C=O) groups is 3. The fourth-order valence-electron chi connectivity index (χ4n) is 2.71. The molecule has 0 bridgehead atoms. The summed E-state index contributed by atoms with van der Waals surface area (Å²) in [7, 11) is 0. The van der Waals surface area contributed by atoms with Crippen LogP contribution in [-0.4, -0.2) is 17.6 Å². The zero-order chi connectivity index (χ0) is 19.9. The van der Waals surface area contributed by atoms with Gasteiger partial charge in [-0.25, -0.2) is 0 Å². The lowest BCUT2D eigenvalue weighted by molar-refractivity contribution is -0.684. The largest absolute Gasteiger partial charge is 1.00 e. The van der Waals surface area contributed by atoms with E-state index in [-0.39, 0.29) is 36.5 Å². The van der Waals surface area contributed by atoms with Crippen molar-refractivity contribution in [2.75, 3.05) is 10.6 Å². The Morgan fingerprint density at radius 3 is 2.00 bits per heavy atom. The smallest absolute Gasteiger partial charge is 0.290 e. The monoisotopic (exact) mass is 409 g/mol. The molecule has 1 heterocycles. The Morgan fingerprint density at radius 2 is 1.38 bits per heavy atom. The second-order valence-electron chi connectivity index (χ2n) is 6.26. The average molecular weight is 410 g/mol. The van der Waals surface area contributed by atoms with Crippen LogP contribution in [0.3, 0.4) is 0 Å². The molecule has 0 spiro atoms. The minimum atomic E-state index is -0.216. The molecule has 0 atom stereocenters. The maximum absolute atomic E-state index is 12.4. The van der Waals surface area contributed by atoms with Gasteiger partial charge in [0.2, 0.25) is 12.5 Å². The molecule has 2 aromatic carbocycles. The third-order valence-corrected chi connectivity index (χ3v) is 3.98. The van der Waals surface area contributed by atoms with Gasteiger partial charge in [0.25, 0.3) is 5.91 Å². The van der Waals surface area contributed by atoms with Gasteiger partial charge in [0.1, 0.15) is 0 Å². The van der Waals surface area contributed by atoms with Gasteiger partial charge in [0.15, 0.2) is 18.2 Å². The summed E-state index contributed by atoms with van der Waals surface area (Å²) >= 11 is 0. The van der Waals surface area contributed by atoms with Crippen molar-refractivity contribution in [3.63, 3.8) is 0 Å². The Morgan fingerprint density at radius 1 is 0.793 bits per heavy atom. The Balaban J connectivity index is 0.00000300. The first kappa shape index (κ1) is 21.8. The minimum absolute atomic E-state index is 0. The molecule has 0 radical (unpaired) electrons. The highest BCUT2D eigenvalue weighted by molar-refractivity contribution is 6.08. The van der Waals surface area contributed by atoms with Crippen LogP contribution in [0.5, 0.6) is 0 Å². The van der Waals surface area contributed by atoms with Gasteiger partial charge in [0, 0.05) is 41.6 Å². The van der Waals surface area contributed by atoms with Crippen molar-refractivity contribution in [1.29, 1.82) is 0 Å². The van der Waals surface area contributed by atoms with Gasteiger partial charge in [0.05, 0.1) is 0 Å².